The fourth-order valence-electron chi connectivity index (χ4n) is 1.41. The van der Waals surface area contributed by atoms with E-state index in [-0.39, 0.29) is 0 Å². The molecule has 1 N–H and O–H groups in total. The first kappa shape index (κ1) is 12.3. The average molecular weight is 345 g/mol. The SMILES string of the molecule is Fc1ccc(NCc2ccc(I)cc2)cc1F. The third-order valence-electron chi connectivity index (χ3n) is 2.33. The molecule has 2 aromatic carbocycles. The highest BCUT2D eigenvalue weighted by molar-refractivity contribution is 14.1. The van der Waals surface area contributed by atoms with E-state index in [1.54, 1.807) is 0 Å². The van der Waals surface area contributed by atoms with Gasteiger partial charge >= 0.3 is 0 Å². The fraction of sp³-hybridized carbons (Fsp3) is 0.0769. The highest BCUT2D eigenvalue weighted by Gasteiger charge is 2.01. The molecule has 2 rings (SSSR count). The molecule has 88 valence electrons. The number of halogens is 3. The van der Waals surface area contributed by atoms with Gasteiger partial charge in [0.25, 0.3) is 0 Å². The van der Waals surface area contributed by atoms with Crippen LogP contribution in [0.3, 0.4) is 0 Å². The number of anilines is 1. The minimum atomic E-state index is -0.836. The summed E-state index contributed by atoms with van der Waals surface area (Å²) in [7, 11) is 0. The Kier molecular flexibility index (Phi) is 3.93. The highest BCUT2D eigenvalue weighted by Crippen LogP contribution is 2.14. The van der Waals surface area contributed by atoms with Gasteiger partial charge in [-0.05, 0) is 52.4 Å². The van der Waals surface area contributed by atoms with E-state index in [2.05, 4.69) is 27.9 Å². The Labute approximate surface area is 112 Å². The third kappa shape index (κ3) is 3.39. The molecule has 1 nitrogen and oxygen atoms in total. The molecule has 0 aliphatic carbocycles. The molecule has 0 amide bonds. The Hall–Kier alpha value is -1.17. The molecule has 0 aliphatic heterocycles. The van der Waals surface area contributed by atoms with Crippen molar-refractivity contribution in [3.05, 3.63) is 63.2 Å². The van der Waals surface area contributed by atoms with Crippen LogP contribution in [0.4, 0.5) is 14.5 Å². The molecule has 0 fully saturated rings. The van der Waals surface area contributed by atoms with Crippen molar-refractivity contribution in [2.24, 2.45) is 0 Å². The summed E-state index contributed by atoms with van der Waals surface area (Å²) in [6.07, 6.45) is 0. The molecule has 0 heterocycles. The zero-order chi connectivity index (χ0) is 12.3. The Morgan fingerprint density at radius 1 is 0.941 bits per heavy atom. The summed E-state index contributed by atoms with van der Waals surface area (Å²) in [5.41, 5.74) is 1.66. The summed E-state index contributed by atoms with van der Waals surface area (Å²) in [6.45, 7) is 0.585. The van der Waals surface area contributed by atoms with Crippen LogP contribution in [0.25, 0.3) is 0 Å². The first-order chi connectivity index (χ1) is 8.15. The van der Waals surface area contributed by atoms with Crippen LogP contribution in [0, 0.1) is 15.2 Å². The van der Waals surface area contributed by atoms with Crippen LogP contribution in [0.2, 0.25) is 0 Å². The molecule has 0 radical (unpaired) electrons. The molecule has 4 heteroatoms. The van der Waals surface area contributed by atoms with Crippen LogP contribution >= 0.6 is 22.6 Å². The highest BCUT2D eigenvalue weighted by atomic mass is 127. The molecule has 0 spiro atoms. The van der Waals surface area contributed by atoms with Crippen LogP contribution in [-0.4, -0.2) is 0 Å². The van der Waals surface area contributed by atoms with Gasteiger partial charge in [-0.2, -0.15) is 0 Å². The van der Waals surface area contributed by atoms with E-state index in [0.717, 1.165) is 17.7 Å². The number of benzene rings is 2. The normalized spacial score (nSPS) is 10.3. The van der Waals surface area contributed by atoms with Crippen molar-refractivity contribution in [1.82, 2.24) is 0 Å². The molecule has 2 aromatic rings. The predicted octanol–water partition coefficient (Wildman–Crippen LogP) is 4.18. The first-order valence-corrected chi connectivity index (χ1v) is 6.16. The van der Waals surface area contributed by atoms with Crippen LogP contribution < -0.4 is 5.32 Å². The standard InChI is InChI=1S/C13H10F2IN/c14-12-6-5-11(7-13(12)15)17-8-9-1-3-10(16)4-2-9/h1-7,17H,8H2. The summed E-state index contributed by atoms with van der Waals surface area (Å²) in [5, 5.41) is 3.04. The molecule has 0 aromatic heterocycles. The van der Waals surface area contributed by atoms with E-state index in [1.807, 2.05) is 24.3 Å². The summed E-state index contributed by atoms with van der Waals surface area (Å²) in [5.74, 6) is -1.66. The van der Waals surface area contributed by atoms with Gasteiger partial charge in [-0.1, -0.05) is 12.1 Å². The quantitative estimate of drug-likeness (QED) is 0.823. The topological polar surface area (TPSA) is 12.0 Å². The number of nitrogens with one attached hydrogen (secondary N) is 1. The minimum Gasteiger partial charge on any atom is -0.381 e. The van der Waals surface area contributed by atoms with Crippen molar-refractivity contribution in [2.45, 2.75) is 6.54 Å². The molecular formula is C13H10F2IN. The summed E-state index contributed by atoms with van der Waals surface area (Å²) >= 11 is 2.23. The number of hydrogen-bond donors (Lipinski definition) is 1. The van der Waals surface area contributed by atoms with Gasteiger partial charge in [0, 0.05) is 21.9 Å². The second-order valence-electron chi connectivity index (χ2n) is 3.61. The van der Waals surface area contributed by atoms with Gasteiger partial charge in [0.1, 0.15) is 0 Å². The fourth-order valence-corrected chi connectivity index (χ4v) is 1.77. The third-order valence-corrected chi connectivity index (χ3v) is 3.05. The summed E-state index contributed by atoms with van der Waals surface area (Å²) < 4.78 is 26.8. The van der Waals surface area contributed by atoms with E-state index in [4.69, 9.17) is 0 Å². The smallest absolute Gasteiger partial charge is 0.160 e. The second-order valence-corrected chi connectivity index (χ2v) is 4.85. The van der Waals surface area contributed by atoms with Crippen LogP contribution in [-0.2, 0) is 6.54 Å². The summed E-state index contributed by atoms with van der Waals surface area (Å²) in [6, 6.07) is 11.8. The minimum absolute atomic E-state index is 0.572. The lowest BCUT2D eigenvalue weighted by molar-refractivity contribution is 0.509. The van der Waals surface area contributed by atoms with Crippen molar-refractivity contribution in [1.29, 1.82) is 0 Å². The number of hydrogen-bond acceptors (Lipinski definition) is 1. The number of rotatable bonds is 3. The van der Waals surface area contributed by atoms with Crippen molar-refractivity contribution in [3.63, 3.8) is 0 Å². The average Bonchev–Trinajstić information content (AvgIpc) is 2.33. The van der Waals surface area contributed by atoms with Crippen molar-refractivity contribution < 1.29 is 8.78 Å². The summed E-state index contributed by atoms with van der Waals surface area (Å²) in [4.78, 5) is 0. The lowest BCUT2D eigenvalue weighted by Gasteiger charge is -2.07. The van der Waals surface area contributed by atoms with E-state index in [9.17, 15) is 8.78 Å². The monoisotopic (exact) mass is 345 g/mol. The van der Waals surface area contributed by atoms with Gasteiger partial charge in [-0.15, -0.1) is 0 Å². The molecule has 0 saturated heterocycles. The van der Waals surface area contributed by atoms with E-state index >= 15 is 0 Å². The molecule has 0 bridgehead atoms. The molecule has 17 heavy (non-hydrogen) atoms. The Morgan fingerprint density at radius 2 is 1.65 bits per heavy atom. The van der Waals surface area contributed by atoms with Crippen molar-refractivity contribution in [3.8, 4) is 0 Å². The van der Waals surface area contributed by atoms with E-state index < -0.39 is 11.6 Å². The molecule has 0 aliphatic rings. The van der Waals surface area contributed by atoms with Gasteiger partial charge < -0.3 is 5.32 Å². The van der Waals surface area contributed by atoms with Crippen LogP contribution in [0.1, 0.15) is 5.56 Å². The maximum atomic E-state index is 12.9. The molecular weight excluding hydrogens is 335 g/mol. The predicted molar refractivity (Wildman–Crippen MR) is 72.8 cm³/mol. The lowest BCUT2D eigenvalue weighted by Crippen LogP contribution is -2.00. The maximum absolute atomic E-state index is 12.9. The lowest BCUT2D eigenvalue weighted by atomic mass is 10.2. The maximum Gasteiger partial charge on any atom is 0.160 e. The second kappa shape index (κ2) is 5.44. The van der Waals surface area contributed by atoms with Gasteiger partial charge in [-0.3, -0.25) is 0 Å². The first-order valence-electron chi connectivity index (χ1n) is 5.08. The molecule has 0 saturated carbocycles. The van der Waals surface area contributed by atoms with Gasteiger partial charge in [0.15, 0.2) is 11.6 Å². The van der Waals surface area contributed by atoms with Gasteiger partial charge in [0.05, 0.1) is 0 Å². The van der Waals surface area contributed by atoms with Gasteiger partial charge in [-0.25, -0.2) is 8.78 Å². The van der Waals surface area contributed by atoms with Crippen LogP contribution in [0.15, 0.2) is 42.5 Å². The Bertz CT molecular complexity index is 511. The Balaban J connectivity index is 2.02. The zero-order valence-electron chi connectivity index (χ0n) is 8.88. The van der Waals surface area contributed by atoms with Crippen molar-refractivity contribution >= 4 is 28.3 Å². The Morgan fingerprint density at radius 3 is 2.29 bits per heavy atom. The molecule has 0 unspecified atom stereocenters. The van der Waals surface area contributed by atoms with Gasteiger partial charge in [0.2, 0.25) is 0 Å². The van der Waals surface area contributed by atoms with Crippen molar-refractivity contribution in [2.75, 3.05) is 5.32 Å². The van der Waals surface area contributed by atoms with E-state index in [0.29, 0.717) is 12.2 Å². The molecule has 0 atom stereocenters. The zero-order valence-corrected chi connectivity index (χ0v) is 11.0. The van der Waals surface area contributed by atoms with Crippen LogP contribution in [0.5, 0.6) is 0 Å². The largest absolute Gasteiger partial charge is 0.381 e. The van der Waals surface area contributed by atoms with E-state index in [1.165, 1.54) is 9.64 Å².